The molecule has 41 heavy (non-hydrogen) atoms. The van der Waals surface area contributed by atoms with Gasteiger partial charge in [-0.1, -0.05) is 23.7 Å². The zero-order chi connectivity index (χ0) is 28.7. The summed E-state index contributed by atoms with van der Waals surface area (Å²) in [5, 5.41) is 6.55. The van der Waals surface area contributed by atoms with Crippen LogP contribution in [0.1, 0.15) is 41.0 Å². The topological polar surface area (TPSA) is 105 Å². The molecule has 1 fully saturated rings. The van der Waals surface area contributed by atoms with Gasteiger partial charge in [-0.15, -0.1) is 11.3 Å². The van der Waals surface area contributed by atoms with Gasteiger partial charge >= 0.3 is 6.55 Å². The van der Waals surface area contributed by atoms with E-state index >= 15 is 0 Å². The first-order valence-corrected chi connectivity index (χ1v) is 15.3. The summed E-state index contributed by atoms with van der Waals surface area (Å²) in [5.74, 6) is -0.389. The Labute approximate surface area is 242 Å². The fourth-order valence-electron chi connectivity index (χ4n) is 5.01. The first kappa shape index (κ1) is 27.6. The number of hydrogen-bond acceptors (Lipinski definition) is 8. The van der Waals surface area contributed by atoms with Crippen molar-refractivity contribution in [3.63, 3.8) is 0 Å². The second-order valence-electron chi connectivity index (χ2n) is 9.39. The number of halogens is 4. The van der Waals surface area contributed by atoms with Crippen LogP contribution in [0.5, 0.6) is 0 Å². The van der Waals surface area contributed by atoms with Crippen LogP contribution >= 0.6 is 22.9 Å². The predicted octanol–water partition coefficient (Wildman–Crippen LogP) is 5.03. The van der Waals surface area contributed by atoms with Gasteiger partial charge in [-0.25, -0.2) is 27.2 Å². The molecule has 0 amide bonds. The molecule has 3 aromatic heterocycles. The number of aliphatic imine (C=N–C) groups is 1. The molecule has 0 spiro atoms. The highest BCUT2D eigenvalue weighted by atomic mass is 35.5. The first-order chi connectivity index (χ1) is 19.7. The zero-order valence-electron chi connectivity index (χ0n) is 21.0. The summed E-state index contributed by atoms with van der Waals surface area (Å²) >= 11 is 7.82. The third-order valence-electron chi connectivity index (χ3n) is 6.64. The van der Waals surface area contributed by atoms with E-state index in [-0.39, 0.29) is 29.4 Å². The van der Waals surface area contributed by atoms with Gasteiger partial charge in [-0.05, 0) is 30.3 Å². The minimum absolute atomic E-state index is 0.0997. The molecule has 0 bridgehead atoms. The molecular formula is C26H21ClF3N7O2S2. The summed E-state index contributed by atoms with van der Waals surface area (Å²) in [7, 11) is -3.79. The van der Waals surface area contributed by atoms with E-state index in [0.29, 0.717) is 38.1 Å². The standard InChI is InChI=1S/C26H21ClF3N7O2S2/c27-19-11-15(28)4-5-18(19)23-22(20-6-9-37(34-20)26(29)30)21-12-17(13-36(21)24(33-23)25-32-8-10-40-25)35-41(38,39)14-16-3-1-2-7-31-16/h1-11,17,23,26,35H,12-14H2/t17-,23-/m0/s1. The molecule has 9 nitrogen and oxygen atoms in total. The second-order valence-corrected chi connectivity index (χ2v) is 12.4. The smallest absolute Gasteiger partial charge is 0.326 e. The van der Waals surface area contributed by atoms with Crippen LogP contribution in [0, 0.1) is 5.82 Å². The number of rotatable bonds is 8. The van der Waals surface area contributed by atoms with E-state index < -0.39 is 34.5 Å². The maximum atomic E-state index is 14.0. The highest BCUT2D eigenvalue weighted by Crippen LogP contribution is 2.46. The normalized spacial score (nSPS) is 19.1. The average Bonchev–Trinajstić information content (AvgIpc) is 3.69. The van der Waals surface area contributed by atoms with E-state index in [1.54, 1.807) is 29.8 Å². The Morgan fingerprint density at radius 2 is 2.00 bits per heavy atom. The van der Waals surface area contributed by atoms with Gasteiger partial charge in [0.1, 0.15) is 17.6 Å². The Morgan fingerprint density at radius 3 is 2.68 bits per heavy atom. The number of thiazole rings is 1. The maximum Gasteiger partial charge on any atom is 0.333 e. The van der Waals surface area contributed by atoms with Gasteiger partial charge in [0, 0.05) is 64.8 Å². The Bertz CT molecular complexity index is 1750. The molecule has 4 aromatic rings. The highest BCUT2D eigenvalue weighted by Gasteiger charge is 2.42. The van der Waals surface area contributed by atoms with Crippen molar-refractivity contribution in [3.05, 3.63) is 105 Å². The molecule has 1 N–H and O–H groups in total. The molecule has 0 radical (unpaired) electrons. The molecule has 1 aromatic carbocycles. The summed E-state index contributed by atoms with van der Waals surface area (Å²) in [4.78, 5) is 15.3. The lowest BCUT2D eigenvalue weighted by Gasteiger charge is -2.32. The van der Waals surface area contributed by atoms with Crippen molar-refractivity contribution in [1.82, 2.24) is 29.4 Å². The molecule has 5 heterocycles. The van der Waals surface area contributed by atoms with E-state index in [9.17, 15) is 21.6 Å². The number of aromatic nitrogens is 4. The monoisotopic (exact) mass is 619 g/mol. The molecule has 212 valence electrons. The minimum Gasteiger partial charge on any atom is -0.326 e. The molecule has 2 atom stereocenters. The van der Waals surface area contributed by atoms with Gasteiger partial charge in [0.15, 0.2) is 10.8 Å². The third-order valence-corrected chi connectivity index (χ3v) is 9.10. The van der Waals surface area contributed by atoms with E-state index in [1.807, 2.05) is 4.90 Å². The second kappa shape index (κ2) is 11.0. The number of benzene rings is 1. The molecule has 0 aliphatic carbocycles. The lowest BCUT2D eigenvalue weighted by atomic mass is 9.92. The Morgan fingerprint density at radius 1 is 1.15 bits per heavy atom. The molecule has 6 rings (SSSR count). The fourth-order valence-corrected chi connectivity index (χ4v) is 7.23. The minimum atomic E-state index is -3.79. The van der Waals surface area contributed by atoms with Crippen LogP contribution in [-0.4, -0.2) is 51.5 Å². The highest BCUT2D eigenvalue weighted by molar-refractivity contribution is 7.88. The SMILES string of the molecule is O=S(=O)(Cc1ccccn1)N[C@H]1CC2=C(c3ccn(C(F)F)n3)[C@H](c3ccc(F)cc3Cl)N=C(c3nccs3)N2C1. The molecule has 0 saturated carbocycles. The molecule has 0 unspecified atom stereocenters. The molecular weight excluding hydrogens is 599 g/mol. The van der Waals surface area contributed by atoms with E-state index in [2.05, 4.69) is 19.8 Å². The van der Waals surface area contributed by atoms with Gasteiger partial charge in [0.25, 0.3) is 0 Å². The number of alkyl halides is 2. The van der Waals surface area contributed by atoms with Crippen molar-refractivity contribution in [1.29, 1.82) is 0 Å². The number of fused-ring (bicyclic) bond motifs is 1. The van der Waals surface area contributed by atoms with Crippen LogP contribution in [0.2, 0.25) is 5.02 Å². The summed E-state index contributed by atoms with van der Waals surface area (Å²) in [6.45, 7) is -2.66. The van der Waals surface area contributed by atoms with E-state index in [4.69, 9.17) is 16.6 Å². The van der Waals surface area contributed by atoms with E-state index in [0.717, 1.165) is 12.3 Å². The van der Waals surface area contributed by atoms with Crippen LogP contribution in [0.25, 0.3) is 5.57 Å². The first-order valence-electron chi connectivity index (χ1n) is 12.4. The van der Waals surface area contributed by atoms with Gasteiger partial charge < -0.3 is 4.90 Å². The molecule has 2 aliphatic heterocycles. The Kier molecular flexibility index (Phi) is 7.40. The molecule has 2 aliphatic rings. The fraction of sp³-hybridized carbons (Fsp3) is 0.231. The largest absolute Gasteiger partial charge is 0.333 e. The van der Waals surface area contributed by atoms with Crippen LogP contribution in [0.3, 0.4) is 0 Å². The third kappa shape index (κ3) is 5.64. The van der Waals surface area contributed by atoms with E-state index in [1.165, 1.54) is 35.7 Å². The van der Waals surface area contributed by atoms with Crippen molar-refractivity contribution in [2.24, 2.45) is 4.99 Å². The van der Waals surface area contributed by atoms with Crippen molar-refractivity contribution < 1.29 is 21.6 Å². The number of sulfonamides is 1. The Hall–Kier alpha value is -3.59. The number of pyridine rings is 1. The van der Waals surface area contributed by atoms with Crippen molar-refractivity contribution in [2.45, 2.75) is 30.8 Å². The lowest BCUT2D eigenvalue weighted by molar-refractivity contribution is 0.0564. The molecule has 15 heteroatoms. The van der Waals surface area contributed by atoms with Gasteiger partial charge in [0.2, 0.25) is 10.0 Å². The number of amidine groups is 1. The van der Waals surface area contributed by atoms with Crippen LogP contribution in [-0.2, 0) is 15.8 Å². The number of hydrogen-bond donors (Lipinski definition) is 1. The van der Waals surface area contributed by atoms with Gasteiger partial charge in [-0.3, -0.25) is 9.98 Å². The number of nitrogens with one attached hydrogen (secondary N) is 1. The van der Waals surface area contributed by atoms with Gasteiger partial charge in [-0.2, -0.15) is 13.9 Å². The molecule has 1 saturated heterocycles. The lowest BCUT2D eigenvalue weighted by Crippen LogP contribution is -2.39. The van der Waals surface area contributed by atoms with Crippen LogP contribution < -0.4 is 4.72 Å². The summed E-state index contributed by atoms with van der Waals surface area (Å²) in [6.07, 6.45) is 4.50. The Balaban J connectivity index is 1.45. The quantitative estimate of drug-likeness (QED) is 0.297. The van der Waals surface area contributed by atoms with Crippen LogP contribution in [0.4, 0.5) is 13.2 Å². The van der Waals surface area contributed by atoms with Crippen molar-refractivity contribution in [2.75, 3.05) is 6.54 Å². The van der Waals surface area contributed by atoms with Crippen molar-refractivity contribution in [3.8, 4) is 0 Å². The summed E-state index contributed by atoms with van der Waals surface area (Å²) in [5.41, 5.74) is 2.14. The average molecular weight is 620 g/mol. The number of nitrogens with zero attached hydrogens (tertiary/aromatic N) is 6. The van der Waals surface area contributed by atoms with Crippen LogP contribution in [0.15, 0.2) is 77.1 Å². The van der Waals surface area contributed by atoms with Gasteiger partial charge in [0.05, 0.1) is 11.4 Å². The predicted molar refractivity (Wildman–Crippen MR) is 148 cm³/mol. The summed E-state index contributed by atoms with van der Waals surface area (Å²) < 4.78 is 70.5. The maximum absolute atomic E-state index is 14.0. The van der Waals surface area contributed by atoms with Crippen molar-refractivity contribution >= 4 is 44.4 Å². The summed E-state index contributed by atoms with van der Waals surface area (Å²) in [6, 6.07) is 8.94. The zero-order valence-corrected chi connectivity index (χ0v) is 23.4.